The van der Waals surface area contributed by atoms with E-state index in [1.54, 1.807) is 32.1 Å². The van der Waals surface area contributed by atoms with E-state index in [1.807, 2.05) is 65.7 Å². The summed E-state index contributed by atoms with van der Waals surface area (Å²) in [6.07, 6.45) is 4.50. The van der Waals surface area contributed by atoms with Crippen molar-refractivity contribution in [3.63, 3.8) is 0 Å². The molecule has 35 heavy (non-hydrogen) atoms. The van der Waals surface area contributed by atoms with Gasteiger partial charge < -0.3 is 19.5 Å². The average molecular weight is 485 g/mol. The van der Waals surface area contributed by atoms with E-state index >= 15 is 0 Å². The van der Waals surface area contributed by atoms with E-state index < -0.39 is 8.56 Å². The number of benzene rings is 3. The van der Waals surface area contributed by atoms with Gasteiger partial charge in [0.1, 0.15) is 0 Å². The zero-order valence-electron chi connectivity index (χ0n) is 20.2. The van der Waals surface area contributed by atoms with Crippen molar-refractivity contribution in [3.8, 4) is 0 Å². The smallest absolute Gasteiger partial charge is 0.362 e. The standard InChI is InChI=1S/C29H32N2O3Si/c1-22(2)35(33,34)19-17-23-12-14-25(15-13-23)29(32)31(21-24-8-4-3-5-9-24)18-16-26-20-30-28-11-7-6-10-27(26)28/h3-15,17,19-20,22,30,33-34H,16,18,21H2,1-2H3. The van der Waals surface area contributed by atoms with Crippen LogP contribution in [0.15, 0.2) is 90.8 Å². The van der Waals surface area contributed by atoms with Crippen LogP contribution in [0, 0.1) is 0 Å². The summed E-state index contributed by atoms with van der Waals surface area (Å²) in [6.45, 7) is 4.72. The van der Waals surface area contributed by atoms with Crippen molar-refractivity contribution in [3.05, 3.63) is 113 Å². The number of para-hydroxylation sites is 1. The first-order chi connectivity index (χ1) is 16.8. The van der Waals surface area contributed by atoms with Gasteiger partial charge in [-0.2, -0.15) is 0 Å². The van der Waals surface area contributed by atoms with Gasteiger partial charge in [-0.25, -0.2) is 0 Å². The van der Waals surface area contributed by atoms with Gasteiger partial charge in [0.15, 0.2) is 0 Å². The highest BCUT2D eigenvalue weighted by Gasteiger charge is 2.30. The molecule has 5 nitrogen and oxygen atoms in total. The first kappa shape index (κ1) is 24.7. The number of carbonyl (C=O) groups excluding carboxylic acids is 1. The summed E-state index contributed by atoms with van der Waals surface area (Å²) >= 11 is 0. The second-order valence-electron chi connectivity index (χ2n) is 9.21. The molecule has 3 aromatic carbocycles. The van der Waals surface area contributed by atoms with E-state index in [2.05, 4.69) is 17.1 Å². The summed E-state index contributed by atoms with van der Waals surface area (Å²) in [5.41, 5.74) is 6.13. The fraction of sp³-hybridized carbons (Fsp3) is 0.207. The van der Waals surface area contributed by atoms with Crippen LogP contribution in [0.1, 0.15) is 40.9 Å². The minimum absolute atomic E-state index is 0.0283. The molecule has 1 aromatic heterocycles. The monoisotopic (exact) mass is 484 g/mol. The van der Waals surface area contributed by atoms with Crippen molar-refractivity contribution in [2.24, 2.45) is 0 Å². The molecular formula is C29H32N2O3Si. The summed E-state index contributed by atoms with van der Waals surface area (Å²) in [5.74, 6) is -0.0283. The Hall–Kier alpha value is -3.45. The van der Waals surface area contributed by atoms with Gasteiger partial charge in [0.2, 0.25) is 0 Å². The highest BCUT2D eigenvalue weighted by atomic mass is 28.4. The first-order valence-electron chi connectivity index (χ1n) is 12.0. The lowest BCUT2D eigenvalue weighted by Gasteiger charge is -2.23. The number of H-pyrrole nitrogens is 1. The van der Waals surface area contributed by atoms with Crippen molar-refractivity contribution in [1.82, 2.24) is 9.88 Å². The van der Waals surface area contributed by atoms with Crippen LogP contribution in [0.2, 0.25) is 5.54 Å². The fourth-order valence-corrected chi connectivity index (χ4v) is 4.80. The second-order valence-corrected chi connectivity index (χ2v) is 12.3. The van der Waals surface area contributed by atoms with Crippen molar-refractivity contribution in [2.45, 2.75) is 32.4 Å². The molecule has 0 aliphatic rings. The molecule has 0 fully saturated rings. The van der Waals surface area contributed by atoms with E-state index in [9.17, 15) is 14.4 Å². The summed E-state index contributed by atoms with van der Waals surface area (Å²) in [4.78, 5) is 39.0. The third kappa shape index (κ3) is 6.16. The minimum atomic E-state index is -3.38. The van der Waals surface area contributed by atoms with Crippen LogP contribution in [-0.2, 0) is 13.0 Å². The number of aromatic amines is 1. The number of nitrogens with zero attached hydrogens (tertiary/aromatic N) is 1. The van der Waals surface area contributed by atoms with Gasteiger partial charge in [-0.3, -0.25) is 4.79 Å². The highest BCUT2D eigenvalue weighted by molar-refractivity contribution is 6.72. The van der Waals surface area contributed by atoms with Crippen LogP contribution in [0.5, 0.6) is 0 Å². The molecule has 0 radical (unpaired) electrons. The van der Waals surface area contributed by atoms with Gasteiger partial charge >= 0.3 is 8.56 Å². The largest absolute Gasteiger partial charge is 0.408 e. The normalized spacial score (nSPS) is 12.0. The second kappa shape index (κ2) is 10.9. The molecule has 6 heteroatoms. The molecule has 0 spiro atoms. The Morgan fingerprint density at radius 3 is 2.37 bits per heavy atom. The maximum atomic E-state index is 13.5. The molecule has 1 heterocycles. The highest BCUT2D eigenvalue weighted by Crippen LogP contribution is 2.20. The number of hydrogen-bond acceptors (Lipinski definition) is 3. The van der Waals surface area contributed by atoms with Crippen LogP contribution < -0.4 is 0 Å². The van der Waals surface area contributed by atoms with E-state index in [0.29, 0.717) is 18.7 Å². The maximum absolute atomic E-state index is 13.5. The van der Waals surface area contributed by atoms with Gasteiger partial charge in [0.05, 0.1) is 0 Å². The molecule has 0 saturated carbocycles. The van der Waals surface area contributed by atoms with Crippen LogP contribution >= 0.6 is 0 Å². The SMILES string of the molecule is CC(C)[Si](O)(O)C=Cc1ccc(C(=O)N(CCc2c[nH]c3ccccc23)Cc2ccccc2)cc1. The van der Waals surface area contributed by atoms with E-state index in [0.717, 1.165) is 23.1 Å². The molecule has 3 N–H and O–H groups in total. The molecule has 0 aliphatic carbocycles. The Kier molecular flexibility index (Phi) is 7.66. The van der Waals surface area contributed by atoms with Gasteiger partial charge in [-0.1, -0.05) is 80.6 Å². The fourth-order valence-electron chi connectivity index (χ4n) is 3.98. The Morgan fingerprint density at radius 2 is 1.66 bits per heavy atom. The molecule has 1 amide bonds. The van der Waals surface area contributed by atoms with E-state index in [4.69, 9.17) is 0 Å². The Morgan fingerprint density at radius 1 is 0.971 bits per heavy atom. The maximum Gasteiger partial charge on any atom is 0.362 e. The first-order valence-corrected chi connectivity index (χ1v) is 14.0. The van der Waals surface area contributed by atoms with Crippen LogP contribution in [0.4, 0.5) is 0 Å². The van der Waals surface area contributed by atoms with Gasteiger partial charge in [-0.15, -0.1) is 0 Å². The number of carbonyl (C=O) groups is 1. The molecule has 0 saturated heterocycles. The predicted octanol–water partition coefficient (Wildman–Crippen LogP) is 5.44. The van der Waals surface area contributed by atoms with Crippen molar-refractivity contribution < 1.29 is 14.4 Å². The molecule has 180 valence electrons. The van der Waals surface area contributed by atoms with Crippen LogP contribution in [0.25, 0.3) is 17.0 Å². The zero-order chi connectivity index (χ0) is 24.8. The third-order valence-electron chi connectivity index (χ3n) is 6.36. The van der Waals surface area contributed by atoms with Crippen molar-refractivity contribution in [2.75, 3.05) is 6.54 Å². The summed E-state index contributed by atoms with van der Waals surface area (Å²) in [7, 11) is -3.38. The van der Waals surface area contributed by atoms with Crippen LogP contribution in [-0.4, -0.2) is 40.5 Å². The third-order valence-corrected chi connectivity index (χ3v) is 8.71. The number of nitrogens with one attached hydrogen (secondary N) is 1. The lowest BCUT2D eigenvalue weighted by Crippen LogP contribution is -2.35. The topological polar surface area (TPSA) is 76.6 Å². The Labute approximate surface area is 207 Å². The quantitative estimate of drug-likeness (QED) is 0.277. The van der Waals surface area contributed by atoms with Crippen LogP contribution in [0.3, 0.4) is 0 Å². The lowest BCUT2D eigenvalue weighted by atomic mass is 10.1. The number of rotatable bonds is 9. The summed E-state index contributed by atoms with van der Waals surface area (Å²) in [6, 6.07) is 25.5. The average Bonchev–Trinajstić information content (AvgIpc) is 3.29. The molecule has 4 rings (SSSR count). The van der Waals surface area contributed by atoms with Crippen molar-refractivity contribution in [1.29, 1.82) is 0 Å². The molecule has 0 atom stereocenters. The number of hydrogen-bond donors (Lipinski definition) is 3. The minimum Gasteiger partial charge on any atom is -0.408 e. The predicted molar refractivity (Wildman–Crippen MR) is 144 cm³/mol. The van der Waals surface area contributed by atoms with E-state index in [1.165, 1.54) is 16.6 Å². The number of amides is 1. The molecule has 0 unspecified atom stereocenters. The Balaban J connectivity index is 1.52. The zero-order valence-corrected chi connectivity index (χ0v) is 21.2. The lowest BCUT2D eigenvalue weighted by molar-refractivity contribution is 0.0745. The molecule has 0 aliphatic heterocycles. The van der Waals surface area contributed by atoms with Crippen molar-refractivity contribution >= 4 is 31.4 Å². The number of fused-ring (bicyclic) bond motifs is 1. The van der Waals surface area contributed by atoms with Gasteiger partial charge in [0, 0.05) is 41.3 Å². The molecule has 4 aromatic rings. The van der Waals surface area contributed by atoms with Gasteiger partial charge in [-0.05, 0) is 47.0 Å². The number of aromatic nitrogens is 1. The molecular weight excluding hydrogens is 452 g/mol. The van der Waals surface area contributed by atoms with Gasteiger partial charge in [0.25, 0.3) is 5.91 Å². The summed E-state index contributed by atoms with van der Waals surface area (Å²) < 4.78 is 0. The summed E-state index contributed by atoms with van der Waals surface area (Å²) in [5, 5.41) is 1.18. The van der Waals surface area contributed by atoms with E-state index in [-0.39, 0.29) is 11.4 Å². The Bertz CT molecular complexity index is 1290. The molecule has 0 bridgehead atoms.